The van der Waals surface area contributed by atoms with E-state index < -0.39 is 0 Å². The number of nitrogens with zero attached hydrogens (tertiary/aromatic N) is 3. The summed E-state index contributed by atoms with van der Waals surface area (Å²) in [5.74, 6) is -0.286. The molecule has 0 bridgehead atoms. The minimum absolute atomic E-state index is 0.286. The van der Waals surface area contributed by atoms with Gasteiger partial charge < -0.3 is 4.74 Å². The van der Waals surface area contributed by atoms with Crippen LogP contribution >= 0.6 is 31.9 Å². The minimum atomic E-state index is -0.286. The first kappa shape index (κ1) is 16.3. The van der Waals surface area contributed by atoms with Gasteiger partial charge in [0.05, 0.1) is 24.2 Å². The van der Waals surface area contributed by atoms with Gasteiger partial charge in [-0.2, -0.15) is 0 Å². The summed E-state index contributed by atoms with van der Waals surface area (Å²) in [4.78, 5) is 16.4. The molecule has 0 unspecified atom stereocenters. The fraction of sp³-hybridized carbons (Fsp3) is 0.250. The van der Waals surface area contributed by atoms with Crippen LogP contribution in [0, 0.1) is 0 Å². The molecule has 120 valence electrons. The molecule has 5 nitrogen and oxygen atoms in total. The molecule has 0 amide bonds. The van der Waals surface area contributed by atoms with Gasteiger partial charge in [-0.15, -0.1) is 0 Å². The van der Waals surface area contributed by atoms with Crippen LogP contribution in [0.5, 0.6) is 0 Å². The first-order chi connectivity index (χ1) is 11.0. The SMILES string of the molecule is COC(=O)C1=CCc2nc(Br)n(N(C)c3ccc(Br)cc3)c2C1. The van der Waals surface area contributed by atoms with Gasteiger partial charge >= 0.3 is 5.97 Å². The first-order valence-corrected chi connectivity index (χ1v) is 8.62. The molecule has 0 N–H and O–H groups in total. The number of methoxy groups -OCH3 is 1. The van der Waals surface area contributed by atoms with Crippen LogP contribution in [0.25, 0.3) is 0 Å². The molecule has 0 atom stereocenters. The van der Waals surface area contributed by atoms with Crippen LogP contribution in [0.1, 0.15) is 11.4 Å². The smallest absolute Gasteiger partial charge is 0.333 e. The summed E-state index contributed by atoms with van der Waals surface area (Å²) in [6, 6.07) is 8.01. The molecule has 1 aliphatic carbocycles. The molecule has 0 radical (unpaired) electrons. The van der Waals surface area contributed by atoms with Gasteiger partial charge in [0.1, 0.15) is 0 Å². The normalized spacial score (nSPS) is 13.3. The van der Waals surface area contributed by atoms with E-state index in [1.165, 1.54) is 7.11 Å². The third-order valence-electron chi connectivity index (χ3n) is 3.84. The van der Waals surface area contributed by atoms with Gasteiger partial charge in [-0.05, 0) is 40.2 Å². The Kier molecular flexibility index (Phi) is 4.59. The number of benzene rings is 1. The standard InChI is InChI=1S/C16H15Br2N3O2/c1-20(12-6-4-11(17)5-7-12)21-14-9-10(15(22)23-2)3-8-13(14)19-16(21)18/h3-7H,8-9H2,1-2H3. The average molecular weight is 441 g/mol. The molecule has 1 heterocycles. The number of ether oxygens (including phenoxy) is 1. The Bertz CT molecular complexity index is 781. The molecule has 0 spiro atoms. The number of hydrogen-bond acceptors (Lipinski definition) is 4. The lowest BCUT2D eigenvalue weighted by Gasteiger charge is -2.25. The monoisotopic (exact) mass is 439 g/mol. The van der Waals surface area contributed by atoms with E-state index in [9.17, 15) is 4.79 Å². The molecule has 1 aromatic heterocycles. The molecule has 1 aliphatic rings. The number of aromatic nitrogens is 2. The summed E-state index contributed by atoms with van der Waals surface area (Å²) >= 11 is 6.97. The Morgan fingerprint density at radius 2 is 2.00 bits per heavy atom. The van der Waals surface area contributed by atoms with Crippen molar-refractivity contribution in [2.75, 3.05) is 19.2 Å². The zero-order valence-electron chi connectivity index (χ0n) is 12.7. The molecular weight excluding hydrogens is 426 g/mol. The van der Waals surface area contributed by atoms with Crippen LogP contribution < -0.4 is 5.01 Å². The van der Waals surface area contributed by atoms with Crippen LogP contribution in [0.2, 0.25) is 0 Å². The second-order valence-electron chi connectivity index (χ2n) is 5.19. The summed E-state index contributed by atoms with van der Waals surface area (Å²) in [5.41, 5.74) is 3.64. The highest BCUT2D eigenvalue weighted by Crippen LogP contribution is 2.28. The Balaban J connectivity index is 1.98. The lowest BCUT2D eigenvalue weighted by molar-refractivity contribution is -0.136. The maximum absolute atomic E-state index is 11.8. The maximum atomic E-state index is 11.8. The predicted octanol–water partition coefficient (Wildman–Crippen LogP) is 3.51. The number of carbonyl (C=O) groups excluding carboxylic acids is 1. The van der Waals surface area contributed by atoms with E-state index in [1.54, 1.807) is 0 Å². The fourth-order valence-corrected chi connectivity index (χ4v) is 3.56. The van der Waals surface area contributed by atoms with Crippen molar-refractivity contribution in [3.05, 3.63) is 56.5 Å². The van der Waals surface area contributed by atoms with Crippen molar-refractivity contribution < 1.29 is 9.53 Å². The van der Waals surface area contributed by atoms with E-state index in [0.29, 0.717) is 23.1 Å². The molecule has 2 aromatic rings. The summed E-state index contributed by atoms with van der Waals surface area (Å²) in [5, 5.41) is 2.00. The van der Waals surface area contributed by atoms with Gasteiger partial charge in [-0.1, -0.05) is 22.0 Å². The van der Waals surface area contributed by atoms with E-state index in [1.807, 2.05) is 47.1 Å². The van der Waals surface area contributed by atoms with Crippen LogP contribution in [0.3, 0.4) is 0 Å². The molecule has 7 heteroatoms. The van der Waals surface area contributed by atoms with Crippen LogP contribution in [-0.2, 0) is 22.4 Å². The number of halogens is 2. The van der Waals surface area contributed by atoms with Gasteiger partial charge in [0, 0.05) is 29.9 Å². The molecular formula is C16H15Br2N3O2. The van der Waals surface area contributed by atoms with E-state index in [0.717, 1.165) is 21.5 Å². The van der Waals surface area contributed by atoms with Crippen molar-refractivity contribution in [3.8, 4) is 0 Å². The summed E-state index contributed by atoms with van der Waals surface area (Å²) in [7, 11) is 3.37. The topological polar surface area (TPSA) is 47.4 Å². The van der Waals surface area contributed by atoms with Gasteiger partial charge in [0.2, 0.25) is 0 Å². The van der Waals surface area contributed by atoms with Gasteiger partial charge in [0.15, 0.2) is 4.73 Å². The molecule has 23 heavy (non-hydrogen) atoms. The number of hydrogen-bond donors (Lipinski definition) is 0. The second kappa shape index (κ2) is 6.49. The molecule has 3 rings (SSSR count). The number of anilines is 1. The second-order valence-corrected chi connectivity index (χ2v) is 6.81. The van der Waals surface area contributed by atoms with Crippen molar-refractivity contribution in [3.63, 3.8) is 0 Å². The van der Waals surface area contributed by atoms with Crippen molar-refractivity contribution in [1.82, 2.24) is 9.66 Å². The van der Waals surface area contributed by atoms with E-state index in [2.05, 4.69) is 36.8 Å². The zero-order valence-corrected chi connectivity index (χ0v) is 15.9. The Hall–Kier alpha value is -1.60. The molecule has 0 aliphatic heterocycles. The number of esters is 1. The fourth-order valence-electron chi connectivity index (χ4n) is 2.63. The highest BCUT2D eigenvalue weighted by atomic mass is 79.9. The largest absolute Gasteiger partial charge is 0.466 e. The minimum Gasteiger partial charge on any atom is -0.466 e. The Labute approximate surface area is 151 Å². The van der Waals surface area contributed by atoms with Crippen molar-refractivity contribution in [1.29, 1.82) is 0 Å². The lowest BCUT2D eigenvalue weighted by atomic mass is 10.0. The Morgan fingerprint density at radius 3 is 2.65 bits per heavy atom. The van der Waals surface area contributed by atoms with Crippen LogP contribution in [-0.4, -0.2) is 29.8 Å². The summed E-state index contributed by atoms with van der Waals surface area (Å²) in [6.07, 6.45) is 3.01. The van der Waals surface area contributed by atoms with E-state index in [4.69, 9.17) is 4.74 Å². The van der Waals surface area contributed by atoms with Gasteiger partial charge in [-0.3, -0.25) is 5.01 Å². The highest BCUT2D eigenvalue weighted by Gasteiger charge is 2.25. The third-order valence-corrected chi connectivity index (χ3v) is 4.88. The maximum Gasteiger partial charge on any atom is 0.333 e. The summed E-state index contributed by atoms with van der Waals surface area (Å²) < 4.78 is 8.56. The van der Waals surface area contributed by atoms with Crippen molar-refractivity contribution in [2.24, 2.45) is 0 Å². The number of fused-ring (bicyclic) bond motifs is 1. The van der Waals surface area contributed by atoms with E-state index in [-0.39, 0.29) is 5.97 Å². The molecule has 0 saturated heterocycles. The zero-order chi connectivity index (χ0) is 16.6. The number of imidazole rings is 1. The quantitative estimate of drug-likeness (QED) is 0.685. The third kappa shape index (κ3) is 3.07. The van der Waals surface area contributed by atoms with Crippen LogP contribution in [0.4, 0.5) is 5.69 Å². The molecule has 0 saturated carbocycles. The van der Waals surface area contributed by atoms with Gasteiger partial charge in [-0.25, -0.2) is 14.5 Å². The summed E-state index contributed by atoms with van der Waals surface area (Å²) in [6.45, 7) is 0. The van der Waals surface area contributed by atoms with Crippen LogP contribution in [0.15, 0.2) is 45.1 Å². The number of allylic oxidation sites excluding steroid dienone is 1. The first-order valence-electron chi connectivity index (χ1n) is 7.04. The van der Waals surface area contributed by atoms with Crippen molar-refractivity contribution >= 4 is 43.5 Å². The lowest BCUT2D eigenvalue weighted by Crippen LogP contribution is -2.28. The number of rotatable bonds is 3. The van der Waals surface area contributed by atoms with E-state index >= 15 is 0 Å². The predicted molar refractivity (Wildman–Crippen MR) is 95.4 cm³/mol. The van der Waals surface area contributed by atoms with Crippen molar-refractivity contribution in [2.45, 2.75) is 12.8 Å². The number of carbonyl (C=O) groups is 1. The molecule has 1 aromatic carbocycles. The van der Waals surface area contributed by atoms with Gasteiger partial charge in [0.25, 0.3) is 0 Å². The molecule has 0 fully saturated rings. The average Bonchev–Trinajstić information content (AvgIpc) is 2.89. The highest BCUT2D eigenvalue weighted by molar-refractivity contribution is 9.10. The Morgan fingerprint density at radius 1 is 1.30 bits per heavy atom.